The number of nitrogens with two attached hydrogens (primary N) is 1. The molecule has 0 aliphatic carbocycles. The Morgan fingerprint density at radius 1 is 1.52 bits per heavy atom. The number of aryl methyl sites for hydroxylation is 1. The summed E-state index contributed by atoms with van der Waals surface area (Å²) >= 11 is 0. The highest BCUT2D eigenvalue weighted by Gasteiger charge is 2.55. The van der Waals surface area contributed by atoms with Crippen LogP contribution in [0.5, 0.6) is 0 Å². The van der Waals surface area contributed by atoms with Crippen molar-refractivity contribution in [3.05, 3.63) is 33.9 Å². The van der Waals surface area contributed by atoms with Gasteiger partial charge in [0.05, 0.1) is 18.6 Å². The van der Waals surface area contributed by atoms with Crippen LogP contribution in [0.2, 0.25) is 0 Å². The summed E-state index contributed by atoms with van der Waals surface area (Å²) in [5.74, 6) is 0.418. The van der Waals surface area contributed by atoms with E-state index in [2.05, 4.69) is 24.8 Å². The number of aliphatic hydroxyl groups is 3. The van der Waals surface area contributed by atoms with Crippen molar-refractivity contribution < 1.29 is 20.1 Å². The van der Waals surface area contributed by atoms with E-state index in [0.29, 0.717) is 5.82 Å². The van der Waals surface area contributed by atoms with E-state index in [9.17, 15) is 15.3 Å². The molecule has 0 unspecified atom stereocenters. The average molecular weight is 346 g/mol. The summed E-state index contributed by atoms with van der Waals surface area (Å²) in [5, 5.41) is 33.6. The molecule has 3 rings (SSSR count). The normalized spacial score (nSPS) is 28.7. The molecule has 0 aromatic carbocycles. The fraction of sp³-hybridized carbons (Fsp3) is 0.462. The Morgan fingerprint density at radius 2 is 2.24 bits per heavy atom. The second-order valence-electron chi connectivity index (χ2n) is 5.52. The van der Waals surface area contributed by atoms with E-state index in [0.717, 1.165) is 0 Å². The number of rotatable bonds is 3. The van der Waals surface area contributed by atoms with Gasteiger partial charge in [-0.3, -0.25) is 0 Å². The standard InChI is InChI=1S/C13H14N8O4/c1-5-17-10(14)7-6(16-2)3-21(11(7)18-5)12-8(23)9(24)13(4-22,25-12)19-20-15/h3,8-9,12,22-24H,4H2,1H3,(H2,14,17,18)/t8-,9+,12-,13-/m1/s1. The van der Waals surface area contributed by atoms with Crippen molar-refractivity contribution >= 4 is 22.5 Å². The first-order chi connectivity index (χ1) is 11.9. The first-order valence-electron chi connectivity index (χ1n) is 7.11. The number of fused-ring (bicyclic) bond motifs is 1. The molecule has 0 bridgehead atoms. The number of ether oxygens (including phenoxy) is 1. The fourth-order valence-corrected chi connectivity index (χ4v) is 2.86. The van der Waals surface area contributed by atoms with Crippen LogP contribution in [0.25, 0.3) is 26.3 Å². The summed E-state index contributed by atoms with van der Waals surface area (Å²) in [4.78, 5) is 14.1. The number of aromatic nitrogens is 3. The second kappa shape index (κ2) is 5.85. The van der Waals surface area contributed by atoms with Crippen LogP contribution in [0, 0.1) is 13.5 Å². The van der Waals surface area contributed by atoms with Crippen molar-refractivity contribution in [3.63, 3.8) is 0 Å². The van der Waals surface area contributed by atoms with Gasteiger partial charge in [0, 0.05) is 11.1 Å². The lowest BCUT2D eigenvalue weighted by Gasteiger charge is -2.23. The van der Waals surface area contributed by atoms with Crippen LogP contribution in [0.15, 0.2) is 11.3 Å². The van der Waals surface area contributed by atoms with Crippen molar-refractivity contribution in [1.82, 2.24) is 14.5 Å². The highest BCUT2D eigenvalue weighted by atomic mass is 16.6. The summed E-state index contributed by atoms with van der Waals surface area (Å²) in [6, 6.07) is 0. The predicted octanol–water partition coefficient (Wildman–Crippen LogP) is 0.122. The molecule has 3 heterocycles. The number of hydrogen-bond acceptors (Lipinski definition) is 8. The maximum atomic E-state index is 10.3. The van der Waals surface area contributed by atoms with Crippen LogP contribution < -0.4 is 5.73 Å². The molecule has 12 heteroatoms. The molecule has 130 valence electrons. The summed E-state index contributed by atoms with van der Waals surface area (Å²) in [7, 11) is 0. The van der Waals surface area contributed by atoms with Gasteiger partial charge in [0.15, 0.2) is 6.23 Å². The van der Waals surface area contributed by atoms with Gasteiger partial charge in [0.25, 0.3) is 0 Å². The van der Waals surface area contributed by atoms with Gasteiger partial charge in [0.2, 0.25) is 11.4 Å². The largest absolute Gasteiger partial charge is 0.393 e. The first-order valence-corrected chi connectivity index (χ1v) is 7.11. The zero-order chi connectivity index (χ0) is 18.4. The maximum absolute atomic E-state index is 10.3. The molecule has 0 radical (unpaired) electrons. The van der Waals surface area contributed by atoms with E-state index in [4.69, 9.17) is 22.6 Å². The van der Waals surface area contributed by atoms with E-state index in [1.54, 1.807) is 6.92 Å². The third kappa shape index (κ3) is 2.35. The summed E-state index contributed by atoms with van der Waals surface area (Å²) in [6.45, 7) is 8.02. The minimum Gasteiger partial charge on any atom is -0.393 e. The van der Waals surface area contributed by atoms with Crippen LogP contribution in [-0.4, -0.2) is 54.4 Å². The van der Waals surface area contributed by atoms with E-state index < -0.39 is 30.8 Å². The minimum atomic E-state index is -2.05. The number of anilines is 1. The lowest BCUT2D eigenvalue weighted by Crippen LogP contribution is -2.44. The van der Waals surface area contributed by atoms with Gasteiger partial charge in [-0.1, -0.05) is 5.11 Å². The Balaban J connectivity index is 2.21. The van der Waals surface area contributed by atoms with E-state index in [1.807, 2.05) is 0 Å². The molecule has 1 aliphatic rings. The van der Waals surface area contributed by atoms with Crippen LogP contribution in [0.4, 0.5) is 11.5 Å². The van der Waals surface area contributed by atoms with Crippen molar-refractivity contribution in [3.8, 4) is 0 Å². The van der Waals surface area contributed by atoms with Crippen molar-refractivity contribution in [2.24, 2.45) is 5.11 Å². The molecular weight excluding hydrogens is 332 g/mol. The van der Waals surface area contributed by atoms with Gasteiger partial charge in [-0.15, -0.1) is 0 Å². The van der Waals surface area contributed by atoms with Crippen LogP contribution in [0.1, 0.15) is 12.1 Å². The fourth-order valence-electron chi connectivity index (χ4n) is 2.86. The first kappa shape index (κ1) is 16.9. The molecule has 1 saturated heterocycles. The monoisotopic (exact) mass is 346 g/mol. The Bertz CT molecular complexity index is 930. The van der Waals surface area contributed by atoms with Gasteiger partial charge in [0.1, 0.15) is 29.5 Å². The molecule has 1 aliphatic heterocycles. The Kier molecular flexibility index (Phi) is 3.96. The van der Waals surface area contributed by atoms with Gasteiger partial charge < -0.3 is 30.4 Å². The third-order valence-corrected chi connectivity index (χ3v) is 4.03. The molecule has 5 N–H and O–H groups in total. The molecule has 1 fully saturated rings. The van der Waals surface area contributed by atoms with E-state index in [1.165, 1.54) is 10.8 Å². The average Bonchev–Trinajstić information content (AvgIpc) is 3.06. The van der Waals surface area contributed by atoms with Crippen molar-refractivity contribution in [2.75, 3.05) is 12.3 Å². The van der Waals surface area contributed by atoms with Crippen LogP contribution in [-0.2, 0) is 4.74 Å². The molecular formula is C13H14N8O4. The van der Waals surface area contributed by atoms with Gasteiger partial charge in [-0.2, -0.15) is 0 Å². The highest BCUT2D eigenvalue weighted by Crippen LogP contribution is 2.42. The van der Waals surface area contributed by atoms with Crippen molar-refractivity contribution in [2.45, 2.75) is 31.1 Å². The number of aliphatic hydroxyl groups excluding tert-OH is 3. The Hall–Kier alpha value is -2.94. The van der Waals surface area contributed by atoms with Crippen molar-refractivity contribution in [1.29, 1.82) is 0 Å². The molecule has 2 aromatic rings. The molecule has 0 amide bonds. The lowest BCUT2D eigenvalue weighted by atomic mass is 10.1. The van der Waals surface area contributed by atoms with E-state index in [-0.39, 0.29) is 22.5 Å². The molecule has 12 nitrogen and oxygen atoms in total. The number of azide groups is 1. The SMILES string of the molecule is [C-]#[N+]c1cn([C@@H]2O[C@@](CO)(N=[N+]=[N-])[C@@H](O)[C@H]2O)c2nc(C)nc(N)c12. The quantitative estimate of drug-likeness (QED) is 0.263. The molecule has 25 heavy (non-hydrogen) atoms. The van der Waals surface area contributed by atoms with Gasteiger partial charge in [-0.25, -0.2) is 14.8 Å². The maximum Gasteiger partial charge on any atom is 0.217 e. The van der Waals surface area contributed by atoms with Gasteiger partial charge in [-0.05, 0) is 12.5 Å². The highest BCUT2D eigenvalue weighted by molar-refractivity contribution is 5.98. The minimum absolute atomic E-state index is 0.0868. The third-order valence-electron chi connectivity index (χ3n) is 4.03. The summed E-state index contributed by atoms with van der Waals surface area (Å²) in [6.07, 6.45) is -3.16. The second-order valence-corrected chi connectivity index (χ2v) is 5.52. The Morgan fingerprint density at radius 3 is 2.84 bits per heavy atom. The summed E-state index contributed by atoms with van der Waals surface area (Å²) < 4.78 is 6.78. The molecule has 4 atom stereocenters. The number of nitrogen functional groups attached to an aromatic ring is 1. The predicted molar refractivity (Wildman–Crippen MR) is 84.0 cm³/mol. The van der Waals surface area contributed by atoms with Gasteiger partial charge >= 0.3 is 0 Å². The zero-order valence-corrected chi connectivity index (χ0v) is 13.0. The lowest BCUT2D eigenvalue weighted by molar-refractivity contribution is -0.123. The Labute approximate surface area is 140 Å². The van der Waals surface area contributed by atoms with Crippen LogP contribution >= 0.6 is 0 Å². The summed E-state index contributed by atoms with van der Waals surface area (Å²) in [5.41, 5.74) is 12.8. The smallest absolute Gasteiger partial charge is 0.217 e. The van der Waals surface area contributed by atoms with E-state index >= 15 is 0 Å². The molecule has 0 spiro atoms. The molecule has 2 aromatic heterocycles. The number of hydrogen-bond donors (Lipinski definition) is 4. The number of nitrogens with zero attached hydrogens (tertiary/aromatic N) is 7. The zero-order valence-electron chi connectivity index (χ0n) is 13.0. The van der Waals surface area contributed by atoms with Crippen LogP contribution in [0.3, 0.4) is 0 Å². The molecule has 0 saturated carbocycles. The topological polar surface area (TPSA) is 180 Å².